The van der Waals surface area contributed by atoms with Gasteiger partial charge in [-0.3, -0.25) is 9.58 Å². The molecule has 0 amide bonds. The largest absolute Gasteiger partial charge is 0.384 e. The second-order valence-corrected chi connectivity index (χ2v) is 3.24. The first-order valence-corrected chi connectivity index (χ1v) is 4.25. The first-order valence-electron chi connectivity index (χ1n) is 4.25. The van der Waals surface area contributed by atoms with E-state index < -0.39 is 0 Å². The Morgan fingerprint density at radius 3 is 2.83 bits per heavy atom. The van der Waals surface area contributed by atoms with Crippen molar-refractivity contribution in [3.05, 3.63) is 11.3 Å². The Morgan fingerprint density at radius 1 is 1.50 bits per heavy atom. The molecule has 0 saturated carbocycles. The van der Waals surface area contributed by atoms with Gasteiger partial charge in [0.05, 0.1) is 5.69 Å². The van der Waals surface area contributed by atoms with Gasteiger partial charge in [0, 0.05) is 25.7 Å². The van der Waals surface area contributed by atoms with Gasteiger partial charge in [-0.2, -0.15) is 5.10 Å². The van der Waals surface area contributed by atoms with E-state index in [1.807, 2.05) is 7.05 Å². The lowest BCUT2D eigenvalue weighted by molar-refractivity contribution is 0.296. The van der Waals surface area contributed by atoms with Crippen LogP contribution < -0.4 is 5.73 Å². The van der Waals surface area contributed by atoms with E-state index in [9.17, 15) is 0 Å². The third-order valence-corrected chi connectivity index (χ3v) is 2.48. The molecule has 66 valence electrons. The molecule has 2 heterocycles. The van der Waals surface area contributed by atoms with Crippen molar-refractivity contribution >= 4 is 5.82 Å². The van der Waals surface area contributed by atoms with E-state index in [0.29, 0.717) is 0 Å². The Hall–Kier alpha value is -1.03. The Labute approximate surface area is 72.0 Å². The fourth-order valence-corrected chi connectivity index (χ4v) is 1.65. The molecule has 1 aromatic heterocycles. The molecule has 2 rings (SSSR count). The van der Waals surface area contributed by atoms with Gasteiger partial charge in [-0.1, -0.05) is 6.92 Å². The van der Waals surface area contributed by atoms with Crippen LogP contribution in [0.25, 0.3) is 0 Å². The molecule has 1 aliphatic heterocycles. The molecule has 0 aromatic carbocycles. The Bertz CT molecular complexity index is 302. The molecule has 0 atom stereocenters. The zero-order valence-electron chi connectivity index (χ0n) is 7.54. The summed E-state index contributed by atoms with van der Waals surface area (Å²) in [5.74, 6) is 0.820. The number of hydrogen-bond acceptors (Lipinski definition) is 3. The molecule has 2 N–H and O–H groups in total. The molecule has 1 aliphatic rings. The Balaban J connectivity index is 2.33. The van der Waals surface area contributed by atoms with Gasteiger partial charge < -0.3 is 5.73 Å². The van der Waals surface area contributed by atoms with E-state index in [4.69, 9.17) is 5.73 Å². The molecule has 4 nitrogen and oxygen atoms in total. The van der Waals surface area contributed by atoms with E-state index in [1.54, 1.807) is 4.68 Å². The lowest BCUT2D eigenvalue weighted by Gasteiger charge is -2.10. The Morgan fingerprint density at radius 2 is 2.25 bits per heavy atom. The van der Waals surface area contributed by atoms with Crippen LogP contribution in [0, 0.1) is 0 Å². The quantitative estimate of drug-likeness (QED) is 0.654. The molecule has 0 unspecified atom stereocenters. The number of anilines is 1. The monoisotopic (exact) mass is 166 g/mol. The van der Waals surface area contributed by atoms with E-state index in [1.165, 1.54) is 5.56 Å². The van der Waals surface area contributed by atoms with E-state index >= 15 is 0 Å². The van der Waals surface area contributed by atoms with Crippen molar-refractivity contribution in [2.75, 3.05) is 12.3 Å². The second kappa shape index (κ2) is 2.48. The van der Waals surface area contributed by atoms with Crippen molar-refractivity contribution in [2.24, 2.45) is 7.05 Å². The highest BCUT2D eigenvalue weighted by Gasteiger charge is 2.23. The lowest BCUT2D eigenvalue weighted by Crippen LogP contribution is -2.16. The van der Waals surface area contributed by atoms with Crippen molar-refractivity contribution in [1.29, 1.82) is 0 Å². The van der Waals surface area contributed by atoms with Crippen LogP contribution in [0.2, 0.25) is 0 Å². The SMILES string of the molecule is CCN1Cc2nn(C)c(N)c2C1. The number of nitrogens with zero attached hydrogens (tertiary/aromatic N) is 3. The van der Waals surface area contributed by atoms with Crippen LogP contribution in [0.4, 0.5) is 5.82 Å². The van der Waals surface area contributed by atoms with Crippen LogP contribution in [0.1, 0.15) is 18.2 Å². The number of aryl methyl sites for hydroxylation is 1. The number of fused-ring (bicyclic) bond motifs is 1. The lowest BCUT2D eigenvalue weighted by atomic mass is 10.3. The third kappa shape index (κ3) is 0.914. The summed E-state index contributed by atoms with van der Waals surface area (Å²) in [6.07, 6.45) is 0. The molecule has 0 bridgehead atoms. The molecule has 0 spiro atoms. The molecule has 12 heavy (non-hydrogen) atoms. The van der Waals surface area contributed by atoms with Gasteiger partial charge in [0.2, 0.25) is 0 Å². The van der Waals surface area contributed by atoms with Gasteiger partial charge in [0.15, 0.2) is 0 Å². The normalized spacial score (nSPS) is 16.8. The number of hydrogen-bond donors (Lipinski definition) is 1. The molecule has 0 aliphatic carbocycles. The fourth-order valence-electron chi connectivity index (χ4n) is 1.65. The third-order valence-electron chi connectivity index (χ3n) is 2.48. The highest BCUT2D eigenvalue weighted by Crippen LogP contribution is 2.25. The minimum absolute atomic E-state index is 0.820. The van der Waals surface area contributed by atoms with Crippen molar-refractivity contribution in [1.82, 2.24) is 14.7 Å². The molecule has 4 heteroatoms. The van der Waals surface area contributed by atoms with Crippen LogP contribution in [0.5, 0.6) is 0 Å². The maximum atomic E-state index is 5.84. The molecular formula is C8H14N4. The minimum atomic E-state index is 0.820. The van der Waals surface area contributed by atoms with Crippen LogP contribution in [0.15, 0.2) is 0 Å². The van der Waals surface area contributed by atoms with Crippen LogP contribution >= 0.6 is 0 Å². The summed E-state index contributed by atoms with van der Waals surface area (Å²) in [6.45, 7) is 5.14. The highest BCUT2D eigenvalue weighted by molar-refractivity contribution is 5.45. The zero-order valence-corrected chi connectivity index (χ0v) is 7.54. The maximum absolute atomic E-state index is 5.84. The van der Waals surface area contributed by atoms with Gasteiger partial charge in [-0.05, 0) is 6.54 Å². The van der Waals surface area contributed by atoms with Crippen LogP contribution in [-0.4, -0.2) is 21.2 Å². The Kier molecular flexibility index (Phi) is 1.58. The zero-order chi connectivity index (χ0) is 8.72. The molecule has 1 aromatic rings. The molecular weight excluding hydrogens is 152 g/mol. The number of aromatic nitrogens is 2. The van der Waals surface area contributed by atoms with Crippen LogP contribution in [0.3, 0.4) is 0 Å². The van der Waals surface area contributed by atoms with E-state index in [-0.39, 0.29) is 0 Å². The summed E-state index contributed by atoms with van der Waals surface area (Å²) < 4.78 is 1.76. The number of nitrogens with two attached hydrogens (primary N) is 1. The van der Waals surface area contributed by atoms with Gasteiger partial charge in [0.1, 0.15) is 5.82 Å². The van der Waals surface area contributed by atoms with Crippen molar-refractivity contribution in [2.45, 2.75) is 20.0 Å². The standard InChI is InChI=1S/C8H14N4/c1-3-12-4-6-7(5-12)10-11(2)8(6)9/h3-5,9H2,1-2H3. The topological polar surface area (TPSA) is 47.1 Å². The summed E-state index contributed by atoms with van der Waals surface area (Å²) >= 11 is 0. The van der Waals surface area contributed by atoms with Gasteiger partial charge in [-0.15, -0.1) is 0 Å². The molecule has 0 radical (unpaired) electrons. The summed E-state index contributed by atoms with van der Waals surface area (Å²) in [7, 11) is 1.89. The summed E-state index contributed by atoms with van der Waals surface area (Å²) in [4.78, 5) is 2.33. The second-order valence-electron chi connectivity index (χ2n) is 3.24. The van der Waals surface area contributed by atoms with Crippen molar-refractivity contribution in [3.8, 4) is 0 Å². The van der Waals surface area contributed by atoms with E-state index in [2.05, 4.69) is 16.9 Å². The minimum Gasteiger partial charge on any atom is -0.384 e. The average molecular weight is 166 g/mol. The van der Waals surface area contributed by atoms with Gasteiger partial charge >= 0.3 is 0 Å². The summed E-state index contributed by atoms with van der Waals surface area (Å²) in [5, 5.41) is 4.34. The predicted molar refractivity (Wildman–Crippen MR) is 47.4 cm³/mol. The number of nitrogen functional groups attached to an aromatic ring is 1. The number of rotatable bonds is 1. The van der Waals surface area contributed by atoms with Crippen molar-refractivity contribution in [3.63, 3.8) is 0 Å². The summed E-state index contributed by atoms with van der Waals surface area (Å²) in [5.41, 5.74) is 8.22. The van der Waals surface area contributed by atoms with E-state index in [0.717, 1.165) is 31.1 Å². The molecule has 0 fully saturated rings. The van der Waals surface area contributed by atoms with Crippen molar-refractivity contribution < 1.29 is 0 Å². The average Bonchev–Trinajstić information content (AvgIpc) is 2.55. The first-order chi connectivity index (χ1) is 5.72. The maximum Gasteiger partial charge on any atom is 0.126 e. The smallest absolute Gasteiger partial charge is 0.126 e. The first kappa shape index (κ1) is 7.61. The summed E-state index contributed by atoms with van der Waals surface area (Å²) in [6, 6.07) is 0. The molecule has 0 saturated heterocycles. The van der Waals surface area contributed by atoms with Gasteiger partial charge in [-0.25, -0.2) is 0 Å². The highest BCUT2D eigenvalue weighted by atomic mass is 15.3. The fraction of sp³-hybridized carbons (Fsp3) is 0.625. The van der Waals surface area contributed by atoms with Crippen LogP contribution in [-0.2, 0) is 20.1 Å². The van der Waals surface area contributed by atoms with Gasteiger partial charge in [0.25, 0.3) is 0 Å². The predicted octanol–water partition coefficient (Wildman–Crippen LogP) is 0.338.